The lowest BCUT2D eigenvalue weighted by Crippen LogP contribution is -2.24. The number of ether oxygens (including phenoxy) is 1. The summed E-state index contributed by atoms with van der Waals surface area (Å²) < 4.78 is 5.40. The van der Waals surface area contributed by atoms with E-state index in [1.807, 2.05) is 6.08 Å². The molecule has 0 aliphatic carbocycles. The molecule has 1 heterocycles. The largest absolute Gasteiger partial charge is 0.369 e. The molecule has 0 radical (unpaired) electrons. The van der Waals surface area contributed by atoms with Crippen LogP contribution in [0.15, 0.2) is 11.6 Å². The van der Waals surface area contributed by atoms with Crippen molar-refractivity contribution in [3.63, 3.8) is 0 Å². The summed E-state index contributed by atoms with van der Waals surface area (Å²) in [5, 5.41) is 0. The molecule has 0 N–H and O–H groups in total. The van der Waals surface area contributed by atoms with Gasteiger partial charge in [0.25, 0.3) is 0 Å². The molecule has 0 aromatic rings. The molecule has 2 nitrogen and oxygen atoms in total. The fourth-order valence-electron chi connectivity index (χ4n) is 1.05. The van der Waals surface area contributed by atoms with E-state index in [0.29, 0.717) is 6.61 Å². The van der Waals surface area contributed by atoms with E-state index in [0.717, 1.165) is 11.9 Å². The van der Waals surface area contributed by atoms with E-state index in [4.69, 9.17) is 4.74 Å². The molecule has 0 saturated carbocycles. The molecule has 1 atom stereocenters. The van der Waals surface area contributed by atoms with E-state index in [1.165, 1.54) is 0 Å². The highest BCUT2D eigenvalue weighted by Crippen LogP contribution is 2.27. The van der Waals surface area contributed by atoms with Crippen molar-refractivity contribution in [2.75, 3.05) is 6.61 Å². The van der Waals surface area contributed by atoms with E-state index < -0.39 is 0 Å². The average Bonchev–Trinajstić information content (AvgIpc) is 2.32. The Bertz CT molecular complexity index is 186. The first-order valence-electron chi connectivity index (χ1n) is 3.81. The monoisotopic (exact) mass is 154 g/mol. The Morgan fingerprint density at radius 2 is 2.27 bits per heavy atom. The second-order valence-electron chi connectivity index (χ2n) is 3.96. The van der Waals surface area contributed by atoms with Gasteiger partial charge < -0.3 is 4.74 Å². The summed E-state index contributed by atoms with van der Waals surface area (Å²) in [6.07, 6.45) is 2.88. The van der Waals surface area contributed by atoms with Gasteiger partial charge in [0.2, 0.25) is 0 Å². The predicted octanol–water partition coefficient (Wildman–Crippen LogP) is 1.56. The Morgan fingerprint density at radius 1 is 1.64 bits per heavy atom. The first kappa shape index (κ1) is 8.47. The molecule has 62 valence electrons. The lowest BCUT2D eigenvalue weighted by molar-refractivity contribution is -0.105. The molecule has 0 amide bonds. The predicted molar refractivity (Wildman–Crippen MR) is 43.3 cm³/mol. The molecular formula is C9H14O2. The number of aldehydes is 1. The Hall–Kier alpha value is -0.630. The number of carbonyl (C=O) groups is 1. The minimum atomic E-state index is 0.0997. The summed E-state index contributed by atoms with van der Waals surface area (Å²) in [6.45, 7) is 6.77. The van der Waals surface area contributed by atoms with Gasteiger partial charge in [-0.1, -0.05) is 20.8 Å². The maximum Gasteiger partial charge on any atom is 0.148 e. The molecule has 1 aliphatic heterocycles. The van der Waals surface area contributed by atoms with E-state index in [9.17, 15) is 4.79 Å². The van der Waals surface area contributed by atoms with Gasteiger partial charge in [-0.25, -0.2) is 0 Å². The zero-order chi connectivity index (χ0) is 8.48. The molecule has 0 bridgehead atoms. The standard InChI is InChI=1S/C9H14O2/c1-9(2,3)8-4-7(5-10)6-11-8/h4-5,8H,6H2,1-3H3. The quantitative estimate of drug-likeness (QED) is 0.536. The van der Waals surface area contributed by atoms with E-state index in [1.54, 1.807) is 0 Å². The van der Waals surface area contributed by atoms with Crippen LogP contribution in [0.3, 0.4) is 0 Å². The highest BCUT2D eigenvalue weighted by atomic mass is 16.5. The van der Waals surface area contributed by atoms with Gasteiger partial charge in [0.05, 0.1) is 12.7 Å². The highest BCUT2D eigenvalue weighted by molar-refractivity contribution is 5.74. The third-order valence-corrected chi connectivity index (χ3v) is 1.80. The van der Waals surface area contributed by atoms with Crippen LogP contribution in [-0.2, 0) is 9.53 Å². The van der Waals surface area contributed by atoms with Crippen molar-refractivity contribution >= 4 is 6.29 Å². The lowest BCUT2D eigenvalue weighted by Gasteiger charge is -2.24. The van der Waals surface area contributed by atoms with Crippen molar-refractivity contribution in [1.82, 2.24) is 0 Å². The third-order valence-electron chi connectivity index (χ3n) is 1.80. The summed E-state index contributed by atoms with van der Waals surface area (Å²) in [4.78, 5) is 10.3. The van der Waals surface area contributed by atoms with E-state index >= 15 is 0 Å². The molecule has 1 aliphatic rings. The van der Waals surface area contributed by atoms with Crippen LogP contribution in [0.25, 0.3) is 0 Å². The SMILES string of the molecule is CC(C)(C)C1C=C(C=O)CO1. The maximum absolute atomic E-state index is 10.3. The molecule has 1 rings (SSSR count). The third kappa shape index (κ3) is 1.90. The Balaban J connectivity index is 2.66. The second kappa shape index (κ2) is 2.78. The minimum Gasteiger partial charge on any atom is -0.369 e. The first-order chi connectivity index (χ1) is 5.04. The van der Waals surface area contributed by atoms with Crippen LogP contribution in [0.4, 0.5) is 0 Å². The summed E-state index contributed by atoms with van der Waals surface area (Å²) in [7, 11) is 0. The van der Waals surface area contributed by atoms with Gasteiger partial charge in [-0.15, -0.1) is 0 Å². The number of hydrogen-bond acceptors (Lipinski definition) is 2. The van der Waals surface area contributed by atoms with Crippen LogP contribution in [0.2, 0.25) is 0 Å². The molecule has 0 aromatic heterocycles. The van der Waals surface area contributed by atoms with Gasteiger partial charge in [0.1, 0.15) is 6.29 Å². The molecule has 0 fully saturated rings. The zero-order valence-electron chi connectivity index (χ0n) is 7.26. The van der Waals surface area contributed by atoms with Crippen molar-refractivity contribution in [1.29, 1.82) is 0 Å². The van der Waals surface area contributed by atoms with Crippen molar-refractivity contribution in [3.8, 4) is 0 Å². The number of hydrogen-bond donors (Lipinski definition) is 0. The van der Waals surface area contributed by atoms with E-state index in [2.05, 4.69) is 20.8 Å². The van der Waals surface area contributed by atoms with Gasteiger partial charge in [0.15, 0.2) is 0 Å². The fourth-order valence-corrected chi connectivity index (χ4v) is 1.05. The second-order valence-corrected chi connectivity index (χ2v) is 3.96. The fraction of sp³-hybridized carbons (Fsp3) is 0.667. The number of carbonyl (C=O) groups excluding carboxylic acids is 1. The van der Waals surface area contributed by atoms with Gasteiger partial charge in [-0.05, 0) is 11.5 Å². The Morgan fingerprint density at radius 3 is 2.55 bits per heavy atom. The van der Waals surface area contributed by atoms with Gasteiger partial charge in [0, 0.05) is 5.57 Å². The molecular weight excluding hydrogens is 140 g/mol. The summed E-state index contributed by atoms with van der Waals surface area (Å²) in [6, 6.07) is 0. The van der Waals surface area contributed by atoms with Crippen molar-refractivity contribution in [2.45, 2.75) is 26.9 Å². The van der Waals surface area contributed by atoms with Crippen LogP contribution >= 0.6 is 0 Å². The molecule has 1 unspecified atom stereocenters. The van der Waals surface area contributed by atoms with Crippen LogP contribution in [-0.4, -0.2) is 19.0 Å². The first-order valence-corrected chi connectivity index (χ1v) is 3.81. The molecule has 0 saturated heterocycles. The topological polar surface area (TPSA) is 26.3 Å². The van der Waals surface area contributed by atoms with Gasteiger partial charge in [-0.3, -0.25) is 4.79 Å². The van der Waals surface area contributed by atoms with Crippen LogP contribution in [0, 0.1) is 5.41 Å². The van der Waals surface area contributed by atoms with Crippen LogP contribution in [0.5, 0.6) is 0 Å². The Kier molecular flexibility index (Phi) is 2.14. The highest BCUT2D eigenvalue weighted by Gasteiger charge is 2.27. The average molecular weight is 154 g/mol. The Labute approximate surface area is 67.2 Å². The number of rotatable bonds is 1. The molecule has 2 heteroatoms. The van der Waals surface area contributed by atoms with Crippen molar-refractivity contribution < 1.29 is 9.53 Å². The smallest absolute Gasteiger partial charge is 0.148 e. The van der Waals surface area contributed by atoms with Crippen molar-refractivity contribution in [3.05, 3.63) is 11.6 Å². The maximum atomic E-state index is 10.3. The summed E-state index contributed by atoms with van der Waals surface area (Å²) in [5.41, 5.74) is 0.870. The van der Waals surface area contributed by atoms with Crippen LogP contribution in [0.1, 0.15) is 20.8 Å². The van der Waals surface area contributed by atoms with Crippen molar-refractivity contribution in [2.24, 2.45) is 5.41 Å². The lowest BCUT2D eigenvalue weighted by atomic mass is 9.89. The summed E-state index contributed by atoms with van der Waals surface area (Å²) >= 11 is 0. The van der Waals surface area contributed by atoms with Gasteiger partial charge in [-0.2, -0.15) is 0 Å². The summed E-state index contributed by atoms with van der Waals surface area (Å²) in [5.74, 6) is 0. The minimum absolute atomic E-state index is 0.0997. The van der Waals surface area contributed by atoms with Crippen LogP contribution < -0.4 is 0 Å². The normalized spacial score (nSPS) is 25.0. The van der Waals surface area contributed by atoms with E-state index in [-0.39, 0.29) is 11.5 Å². The van der Waals surface area contributed by atoms with Gasteiger partial charge >= 0.3 is 0 Å². The molecule has 0 spiro atoms. The molecule has 0 aromatic carbocycles. The zero-order valence-corrected chi connectivity index (χ0v) is 7.26. The molecule has 11 heavy (non-hydrogen) atoms.